The summed E-state index contributed by atoms with van der Waals surface area (Å²) in [5.41, 5.74) is 0. The normalized spacial score (nSPS) is 27.6. The minimum absolute atomic E-state index is 0.254. The van der Waals surface area contributed by atoms with Gasteiger partial charge in [-0.05, 0) is 13.8 Å². The van der Waals surface area contributed by atoms with Crippen LogP contribution in [0.3, 0.4) is 0 Å². The van der Waals surface area contributed by atoms with Crippen molar-refractivity contribution in [2.24, 2.45) is 0 Å². The maximum Gasteiger partial charge on any atom is 0.303 e. The Labute approximate surface area is 157 Å². The Bertz CT molecular complexity index is 563. The van der Waals surface area contributed by atoms with Crippen LogP contribution in [0.25, 0.3) is 0 Å². The molecule has 10 heteroatoms. The molecular weight excluding hydrogens is 362 g/mol. The molecule has 5 atom stereocenters. The quantitative estimate of drug-likeness (QED) is 0.475. The Kier molecular flexibility index (Phi) is 8.64. The van der Waals surface area contributed by atoms with E-state index >= 15 is 0 Å². The number of rotatable bonds is 7. The molecule has 1 amide bonds. The third-order valence-electron chi connectivity index (χ3n) is 3.48. The van der Waals surface area contributed by atoms with Gasteiger partial charge >= 0.3 is 17.9 Å². The summed E-state index contributed by atoms with van der Waals surface area (Å²) in [6.07, 6.45) is -4.49. The fourth-order valence-electron chi connectivity index (χ4n) is 2.68. The Morgan fingerprint density at radius 2 is 1.48 bits per heavy atom. The predicted molar refractivity (Wildman–Crippen MR) is 90.2 cm³/mol. The molecule has 1 aliphatic rings. The summed E-state index contributed by atoms with van der Waals surface area (Å²) in [6, 6.07) is -0.938. The summed E-state index contributed by atoms with van der Waals surface area (Å²) in [5, 5.41) is 2.62. The van der Waals surface area contributed by atoms with Gasteiger partial charge in [0, 0.05) is 27.7 Å². The molecule has 1 N–H and O–H groups in total. The highest BCUT2D eigenvalue weighted by Crippen LogP contribution is 2.28. The Morgan fingerprint density at radius 3 is 1.93 bits per heavy atom. The maximum atomic E-state index is 11.7. The molecule has 1 saturated heterocycles. The Hall–Kier alpha value is -2.20. The van der Waals surface area contributed by atoms with E-state index in [1.54, 1.807) is 13.8 Å². The zero-order chi connectivity index (χ0) is 20.7. The van der Waals surface area contributed by atoms with Crippen LogP contribution in [0.4, 0.5) is 0 Å². The minimum Gasteiger partial charge on any atom is -0.463 e. The summed E-state index contributed by atoms with van der Waals surface area (Å²) in [7, 11) is 0. The lowest BCUT2D eigenvalue weighted by Crippen LogP contribution is -2.66. The first-order valence-electron chi connectivity index (χ1n) is 8.57. The fraction of sp³-hybridized carbons (Fsp3) is 0.765. The highest BCUT2D eigenvalue weighted by molar-refractivity contribution is 5.73. The van der Waals surface area contributed by atoms with Crippen LogP contribution in [0, 0.1) is 0 Å². The van der Waals surface area contributed by atoms with E-state index in [9.17, 15) is 19.2 Å². The largest absolute Gasteiger partial charge is 0.463 e. The molecule has 0 aliphatic carbocycles. The molecule has 0 aromatic heterocycles. The van der Waals surface area contributed by atoms with Gasteiger partial charge in [0.15, 0.2) is 18.5 Å². The van der Waals surface area contributed by atoms with E-state index in [-0.39, 0.29) is 12.7 Å². The second kappa shape index (κ2) is 10.2. The molecule has 2 unspecified atom stereocenters. The number of hydrogen-bond donors (Lipinski definition) is 1. The van der Waals surface area contributed by atoms with Gasteiger partial charge in [-0.25, -0.2) is 0 Å². The van der Waals surface area contributed by atoms with Crippen LogP contribution < -0.4 is 5.32 Å². The number of amides is 1. The zero-order valence-electron chi connectivity index (χ0n) is 16.3. The molecular formula is C17H27NO9. The molecule has 1 fully saturated rings. The van der Waals surface area contributed by atoms with E-state index in [0.717, 1.165) is 0 Å². The van der Waals surface area contributed by atoms with Crippen molar-refractivity contribution in [3.05, 3.63) is 0 Å². The molecule has 1 heterocycles. The number of hydrogen-bond acceptors (Lipinski definition) is 9. The average Bonchev–Trinajstić information content (AvgIpc) is 2.49. The van der Waals surface area contributed by atoms with E-state index in [2.05, 4.69) is 5.32 Å². The summed E-state index contributed by atoms with van der Waals surface area (Å²) in [6.45, 7) is 8.12. The molecule has 10 nitrogen and oxygen atoms in total. The zero-order valence-corrected chi connectivity index (χ0v) is 16.3. The van der Waals surface area contributed by atoms with Crippen molar-refractivity contribution >= 4 is 23.8 Å². The maximum absolute atomic E-state index is 11.7. The van der Waals surface area contributed by atoms with Gasteiger partial charge < -0.3 is 29.0 Å². The van der Waals surface area contributed by atoms with Gasteiger partial charge in [0.1, 0.15) is 18.8 Å². The lowest BCUT2D eigenvalue weighted by Gasteiger charge is -2.45. The molecule has 0 spiro atoms. The van der Waals surface area contributed by atoms with Crippen LogP contribution >= 0.6 is 0 Å². The number of carbonyl (C=O) groups is 4. The highest BCUT2D eigenvalue weighted by atomic mass is 16.7. The van der Waals surface area contributed by atoms with Crippen LogP contribution in [-0.4, -0.2) is 67.2 Å². The molecule has 27 heavy (non-hydrogen) atoms. The van der Waals surface area contributed by atoms with Gasteiger partial charge in [0.2, 0.25) is 5.91 Å². The van der Waals surface area contributed by atoms with Gasteiger partial charge in [0.25, 0.3) is 0 Å². The van der Waals surface area contributed by atoms with Gasteiger partial charge in [-0.1, -0.05) is 0 Å². The monoisotopic (exact) mass is 389 g/mol. The molecule has 0 saturated carbocycles. The van der Waals surface area contributed by atoms with Crippen LogP contribution in [0.1, 0.15) is 41.5 Å². The number of esters is 3. The average molecular weight is 389 g/mol. The van der Waals surface area contributed by atoms with Gasteiger partial charge in [0.05, 0.1) is 6.10 Å². The van der Waals surface area contributed by atoms with Gasteiger partial charge in [-0.2, -0.15) is 0 Å². The SMILES string of the molecule is CC(=O)N[C@H]1C(OC(C)=O)[C@@H](OC(C)=O)C(COC(C)=O)O[C@H]1OC(C)C. The van der Waals surface area contributed by atoms with Crippen molar-refractivity contribution in [3.8, 4) is 0 Å². The Balaban J connectivity index is 3.27. The summed E-state index contributed by atoms with van der Waals surface area (Å²) >= 11 is 0. The van der Waals surface area contributed by atoms with Crippen LogP contribution in [0.2, 0.25) is 0 Å². The third kappa shape index (κ3) is 7.51. The van der Waals surface area contributed by atoms with Crippen molar-refractivity contribution in [1.82, 2.24) is 5.32 Å². The first kappa shape index (κ1) is 22.8. The van der Waals surface area contributed by atoms with E-state index in [1.807, 2.05) is 0 Å². The van der Waals surface area contributed by atoms with Crippen molar-refractivity contribution in [1.29, 1.82) is 0 Å². The summed E-state index contributed by atoms with van der Waals surface area (Å²) in [5.74, 6) is -2.28. The summed E-state index contributed by atoms with van der Waals surface area (Å²) in [4.78, 5) is 46.0. The third-order valence-corrected chi connectivity index (χ3v) is 3.48. The van der Waals surface area contributed by atoms with E-state index in [0.29, 0.717) is 0 Å². The molecule has 1 rings (SSSR count). The first-order chi connectivity index (χ1) is 12.5. The van der Waals surface area contributed by atoms with Crippen LogP contribution in [0.5, 0.6) is 0 Å². The van der Waals surface area contributed by atoms with Crippen LogP contribution in [-0.2, 0) is 42.9 Å². The molecule has 0 radical (unpaired) electrons. The van der Waals surface area contributed by atoms with E-state index in [4.69, 9.17) is 23.7 Å². The standard InChI is InChI=1S/C17H27NO9/c1-8(2)24-17-14(18-9(3)19)16(26-12(6)22)15(25-11(5)21)13(27-17)7-23-10(4)20/h8,13-17H,7H2,1-6H3,(H,18,19)/t13?,14-,15-,16?,17+/m0/s1. The predicted octanol–water partition coefficient (Wildman–Crippen LogP) is 0.0675. The number of ether oxygens (including phenoxy) is 5. The molecule has 154 valence electrons. The van der Waals surface area contributed by atoms with E-state index < -0.39 is 54.5 Å². The highest BCUT2D eigenvalue weighted by Gasteiger charge is 2.51. The fourth-order valence-corrected chi connectivity index (χ4v) is 2.68. The smallest absolute Gasteiger partial charge is 0.303 e. The molecule has 0 bridgehead atoms. The molecule has 1 aliphatic heterocycles. The lowest BCUT2D eigenvalue weighted by atomic mass is 9.96. The minimum atomic E-state index is -1.12. The first-order valence-corrected chi connectivity index (χ1v) is 8.57. The lowest BCUT2D eigenvalue weighted by molar-refractivity contribution is -0.285. The Morgan fingerprint density at radius 1 is 0.926 bits per heavy atom. The second-order valence-corrected chi connectivity index (χ2v) is 6.40. The second-order valence-electron chi connectivity index (χ2n) is 6.40. The van der Waals surface area contributed by atoms with Gasteiger partial charge in [-0.15, -0.1) is 0 Å². The van der Waals surface area contributed by atoms with Crippen molar-refractivity contribution in [3.63, 3.8) is 0 Å². The van der Waals surface area contributed by atoms with Crippen molar-refractivity contribution < 1.29 is 42.9 Å². The van der Waals surface area contributed by atoms with E-state index in [1.165, 1.54) is 27.7 Å². The number of nitrogens with one attached hydrogen (secondary N) is 1. The number of carbonyl (C=O) groups excluding carboxylic acids is 4. The van der Waals surface area contributed by atoms with Crippen LogP contribution in [0.15, 0.2) is 0 Å². The molecule has 0 aromatic rings. The topological polar surface area (TPSA) is 126 Å². The summed E-state index contributed by atoms with van der Waals surface area (Å²) < 4.78 is 27.1. The van der Waals surface area contributed by atoms with Crippen molar-refractivity contribution in [2.45, 2.75) is 78.3 Å². The van der Waals surface area contributed by atoms with Gasteiger partial charge in [-0.3, -0.25) is 19.2 Å². The van der Waals surface area contributed by atoms with Crippen molar-refractivity contribution in [2.75, 3.05) is 6.61 Å². The molecule has 0 aromatic carbocycles.